The van der Waals surface area contributed by atoms with E-state index in [0.717, 1.165) is 38.4 Å². The molecule has 104 valence electrons. The monoisotopic (exact) mass is 279 g/mol. The van der Waals surface area contributed by atoms with Crippen molar-refractivity contribution >= 4 is 17.0 Å². The van der Waals surface area contributed by atoms with Gasteiger partial charge in [-0.25, -0.2) is 0 Å². The SMILES string of the molecule is CCN(CC)CCn1cc(NCc2cncs2)cn1. The molecule has 0 saturated heterocycles. The van der Waals surface area contributed by atoms with Crippen molar-refractivity contribution in [3.05, 3.63) is 29.0 Å². The third kappa shape index (κ3) is 4.33. The van der Waals surface area contributed by atoms with Crippen molar-refractivity contribution in [1.82, 2.24) is 19.7 Å². The molecule has 0 atom stereocenters. The molecule has 0 saturated carbocycles. The molecule has 0 amide bonds. The Morgan fingerprint density at radius 1 is 1.32 bits per heavy atom. The smallest absolute Gasteiger partial charge is 0.0794 e. The number of hydrogen-bond acceptors (Lipinski definition) is 5. The Labute approximate surface area is 118 Å². The summed E-state index contributed by atoms with van der Waals surface area (Å²) in [4.78, 5) is 7.69. The highest BCUT2D eigenvalue weighted by Gasteiger charge is 2.02. The first-order valence-corrected chi connectivity index (χ1v) is 7.55. The highest BCUT2D eigenvalue weighted by atomic mass is 32.1. The van der Waals surface area contributed by atoms with Gasteiger partial charge in [0.1, 0.15) is 0 Å². The maximum atomic E-state index is 4.37. The van der Waals surface area contributed by atoms with Crippen LogP contribution < -0.4 is 5.32 Å². The molecule has 19 heavy (non-hydrogen) atoms. The number of thiazole rings is 1. The largest absolute Gasteiger partial charge is 0.378 e. The van der Waals surface area contributed by atoms with Crippen molar-refractivity contribution < 1.29 is 0 Å². The van der Waals surface area contributed by atoms with E-state index in [4.69, 9.17) is 0 Å². The molecule has 2 heterocycles. The maximum Gasteiger partial charge on any atom is 0.0794 e. The van der Waals surface area contributed by atoms with Crippen LogP contribution in [0, 0.1) is 0 Å². The van der Waals surface area contributed by atoms with E-state index in [-0.39, 0.29) is 0 Å². The van der Waals surface area contributed by atoms with Crippen molar-refractivity contribution in [3.63, 3.8) is 0 Å². The van der Waals surface area contributed by atoms with E-state index >= 15 is 0 Å². The number of rotatable bonds is 8. The highest BCUT2D eigenvalue weighted by Crippen LogP contribution is 2.10. The van der Waals surface area contributed by atoms with E-state index < -0.39 is 0 Å². The standard InChI is InChI=1S/C13H21N5S/c1-3-17(4-2)5-6-18-10-12(7-16-18)15-9-13-8-14-11-19-13/h7-8,10-11,15H,3-6,9H2,1-2H3. The van der Waals surface area contributed by atoms with Crippen molar-refractivity contribution in [2.24, 2.45) is 0 Å². The molecule has 5 nitrogen and oxygen atoms in total. The van der Waals surface area contributed by atoms with Crippen LogP contribution in [0.3, 0.4) is 0 Å². The number of nitrogens with one attached hydrogen (secondary N) is 1. The Morgan fingerprint density at radius 2 is 2.16 bits per heavy atom. The summed E-state index contributed by atoms with van der Waals surface area (Å²) in [6.07, 6.45) is 5.83. The van der Waals surface area contributed by atoms with Crippen molar-refractivity contribution in [1.29, 1.82) is 0 Å². The van der Waals surface area contributed by atoms with Gasteiger partial charge in [-0.15, -0.1) is 11.3 Å². The van der Waals surface area contributed by atoms with E-state index in [2.05, 4.69) is 40.3 Å². The third-order valence-corrected chi connectivity index (χ3v) is 3.90. The predicted octanol–water partition coefficient (Wildman–Crippen LogP) is 2.29. The topological polar surface area (TPSA) is 46.0 Å². The molecule has 0 spiro atoms. The Bertz CT molecular complexity index is 461. The van der Waals surface area contributed by atoms with Gasteiger partial charge in [-0.05, 0) is 13.1 Å². The first-order chi connectivity index (χ1) is 9.31. The second-order valence-corrected chi connectivity index (χ2v) is 5.31. The number of hydrogen-bond donors (Lipinski definition) is 1. The summed E-state index contributed by atoms with van der Waals surface area (Å²) in [5.41, 5.74) is 2.91. The van der Waals surface area contributed by atoms with Gasteiger partial charge in [0.15, 0.2) is 0 Å². The second-order valence-electron chi connectivity index (χ2n) is 4.34. The maximum absolute atomic E-state index is 4.37. The number of nitrogens with zero attached hydrogens (tertiary/aromatic N) is 4. The van der Waals surface area contributed by atoms with Crippen LogP contribution in [0.4, 0.5) is 5.69 Å². The average Bonchev–Trinajstić information content (AvgIpc) is 3.09. The molecule has 2 rings (SSSR count). The molecule has 0 aliphatic rings. The van der Waals surface area contributed by atoms with Gasteiger partial charge < -0.3 is 10.2 Å². The number of anilines is 1. The van der Waals surface area contributed by atoms with Crippen LogP contribution in [0.2, 0.25) is 0 Å². The lowest BCUT2D eigenvalue weighted by molar-refractivity contribution is 0.285. The van der Waals surface area contributed by atoms with E-state index in [9.17, 15) is 0 Å². The molecule has 0 aromatic carbocycles. The van der Waals surface area contributed by atoms with Crippen LogP contribution in [-0.4, -0.2) is 39.3 Å². The lowest BCUT2D eigenvalue weighted by atomic mass is 10.4. The zero-order chi connectivity index (χ0) is 13.5. The van der Waals surface area contributed by atoms with Crippen molar-refractivity contribution in [3.8, 4) is 0 Å². The lowest BCUT2D eigenvalue weighted by Crippen LogP contribution is -2.27. The fourth-order valence-electron chi connectivity index (χ4n) is 1.88. The number of aromatic nitrogens is 3. The molecular formula is C13H21N5S. The predicted molar refractivity (Wildman–Crippen MR) is 79.5 cm³/mol. The van der Waals surface area contributed by atoms with E-state index in [0.29, 0.717) is 0 Å². The van der Waals surface area contributed by atoms with Gasteiger partial charge in [0.05, 0.1) is 30.5 Å². The quantitative estimate of drug-likeness (QED) is 0.805. The zero-order valence-electron chi connectivity index (χ0n) is 11.5. The molecule has 0 bridgehead atoms. The molecule has 2 aromatic rings. The van der Waals surface area contributed by atoms with Crippen LogP contribution >= 0.6 is 11.3 Å². The molecule has 6 heteroatoms. The molecule has 0 aliphatic carbocycles. The minimum absolute atomic E-state index is 0.812. The summed E-state index contributed by atoms with van der Waals surface area (Å²) in [5.74, 6) is 0. The number of likely N-dealkylation sites (N-methyl/N-ethyl adjacent to an activating group) is 1. The van der Waals surface area contributed by atoms with Crippen LogP contribution in [-0.2, 0) is 13.1 Å². The Morgan fingerprint density at radius 3 is 2.84 bits per heavy atom. The first-order valence-electron chi connectivity index (χ1n) is 6.67. The van der Waals surface area contributed by atoms with E-state index in [1.165, 1.54) is 4.88 Å². The Balaban J connectivity index is 1.78. The first kappa shape index (κ1) is 14.0. The molecule has 0 fully saturated rings. The summed E-state index contributed by atoms with van der Waals surface area (Å²) in [7, 11) is 0. The Hall–Kier alpha value is -1.40. The van der Waals surface area contributed by atoms with Gasteiger partial charge in [0.2, 0.25) is 0 Å². The zero-order valence-corrected chi connectivity index (χ0v) is 12.4. The summed E-state index contributed by atoms with van der Waals surface area (Å²) in [6, 6.07) is 0. The van der Waals surface area contributed by atoms with E-state index in [1.807, 2.05) is 22.6 Å². The minimum Gasteiger partial charge on any atom is -0.378 e. The van der Waals surface area contributed by atoms with Crippen LogP contribution in [0.25, 0.3) is 0 Å². The Kier molecular flexibility index (Phi) is 5.35. The third-order valence-electron chi connectivity index (χ3n) is 3.12. The summed E-state index contributed by atoms with van der Waals surface area (Å²) < 4.78 is 1.99. The molecule has 1 N–H and O–H groups in total. The molecule has 2 aromatic heterocycles. The van der Waals surface area contributed by atoms with Crippen LogP contribution in [0.1, 0.15) is 18.7 Å². The van der Waals surface area contributed by atoms with Gasteiger partial charge in [-0.3, -0.25) is 9.67 Å². The van der Waals surface area contributed by atoms with E-state index in [1.54, 1.807) is 11.3 Å². The highest BCUT2D eigenvalue weighted by molar-refractivity contribution is 7.09. The van der Waals surface area contributed by atoms with Gasteiger partial charge in [0, 0.05) is 23.8 Å². The minimum atomic E-state index is 0.812. The fraction of sp³-hybridized carbons (Fsp3) is 0.538. The molecule has 0 unspecified atom stereocenters. The van der Waals surface area contributed by atoms with Crippen LogP contribution in [0.15, 0.2) is 24.1 Å². The van der Waals surface area contributed by atoms with Crippen LogP contribution in [0.5, 0.6) is 0 Å². The molecule has 0 aliphatic heterocycles. The lowest BCUT2D eigenvalue weighted by Gasteiger charge is -2.17. The van der Waals surface area contributed by atoms with Crippen molar-refractivity contribution in [2.45, 2.75) is 26.9 Å². The van der Waals surface area contributed by atoms with Crippen molar-refractivity contribution in [2.75, 3.05) is 25.0 Å². The summed E-state index contributed by atoms with van der Waals surface area (Å²) >= 11 is 1.66. The fourth-order valence-corrected chi connectivity index (χ4v) is 2.41. The molecular weight excluding hydrogens is 258 g/mol. The average molecular weight is 279 g/mol. The van der Waals surface area contributed by atoms with Gasteiger partial charge in [-0.2, -0.15) is 5.10 Å². The normalized spacial score (nSPS) is 11.1. The second kappa shape index (κ2) is 7.25. The van der Waals surface area contributed by atoms with Gasteiger partial charge in [-0.1, -0.05) is 13.8 Å². The van der Waals surface area contributed by atoms with Gasteiger partial charge in [0.25, 0.3) is 0 Å². The molecule has 0 radical (unpaired) electrons. The summed E-state index contributed by atoms with van der Waals surface area (Å²) in [6.45, 7) is 9.35. The van der Waals surface area contributed by atoms with Gasteiger partial charge >= 0.3 is 0 Å². The summed E-state index contributed by atoms with van der Waals surface area (Å²) in [5, 5.41) is 7.73.